The summed E-state index contributed by atoms with van der Waals surface area (Å²) in [5, 5.41) is 11.9. The van der Waals surface area contributed by atoms with Crippen LogP contribution in [0.25, 0.3) is 16.7 Å². The van der Waals surface area contributed by atoms with Gasteiger partial charge in [-0.15, -0.1) is 0 Å². The van der Waals surface area contributed by atoms with Crippen LogP contribution >= 0.6 is 0 Å². The number of amides is 1. The third-order valence-corrected chi connectivity index (χ3v) is 5.16. The van der Waals surface area contributed by atoms with Crippen molar-refractivity contribution in [2.24, 2.45) is 0 Å². The molecule has 0 saturated carbocycles. The molecule has 0 spiro atoms. The summed E-state index contributed by atoms with van der Waals surface area (Å²) in [6.07, 6.45) is 5.44. The van der Waals surface area contributed by atoms with Crippen LogP contribution in [0.15, 0.2) is 60.6 Å². The summed E-state index contributed by atoms with van der Waals surface area (Å²) in [6, 6.07) is 10.2. The van der Waals surface area contributed by atoms with Crippen LogP contribution in [0.2, 0.25) is 0 Å². The maximum Gasteiger partial charge on any atom is 0.295 e. The van der Waals surface area contributed by atoms with E-state index in [0.717, 1.165) is 16.5 Å². The van der Waals surface area contributed by atoms with Crippen LogP contribution in [0, 0.1) is 0 Å². The molecule has 0 radical (unpaired) electrons. The number of H-pyrrole nitrogens is 1. The third kappa shape index (κ3) is 3.30. The lowest BCUT2D eigenvalue weighted by Crippen LogP contribution is -2.31. The maximum atomic E-state index is 12.9. The minimum absolute atomic E-state index is 0.0865. The Balaban J connectivity index is 1.88. The van der Waals surface area contributed by atoms with Gasteiger partial charge in [-0.1, -0.05) is 18.2 Å². The molecule has 7 nitrogen and oxygen atoms in total. The van der Waals surface area contributed by atoms with E-state index in [1.165, 1.54) is 17.3 Å². The lowest BCUT2D eigenvalue weighted by molar-refractivity contribution is -0.140. The number of pyridine rings is 1. The highest BCUT2D eigenvalue weighted by Crippen LogP contribution is 2.41. The molecule has 1 amide bonds. The molecular formula is C22H21N3O4. The SMILES string of the molecule is COCCCN1C(=O)C(=O)/C(=C(/O)c2ccncc2)C1c1c[nH]c2ccccc12. The number of para-hydroxylation sites is 1. The minimum atomic E-state index is -0.688. The minimum Gasteiger partial charge on any atom is -0.507 e. The average Bonchev–Trinajstić information content (AvgIpc) is 3.28. The molecule has 3 aromatic rings. The standard InChI is InChI=1S/C22H21N3O4/c1-29-12-4-11-25-19(16-13-24-17-6-3-2-5-15(16)17)18(21(27)22(25)28)20(26)14-7-9-23-10-8-14/h2-3,5-10,13,19,24,26H,4,11-12H2,1H3/b20-18+. The fourth-order valence-electron chi connectivity index (χ4n) is 3.80. The molecule has 1 atom stereocenters. The van der Waals surface area contributed by atoms with Gasteiger partial charge in [0.1, 0.15) is 5.76 Å². The second-order valence-electron chi connectivity index (χ2n) is 6.86. The van der Waals surface area contributed by atoms with Crippen molar-refractivity contribution >= 4 is 28.4 Å². The Morgan fingerprint density at radius 2 is 1.97 bits per heavy atom. The molecule has 1 unspecified atom stereocenters. The second kappa shape index (κ2) is 7.89. The number of rotatable bonds is 6. The zero-order valence-electron chi connectivity index (χ0n) is 16.0. The van der Waals surface area contributed by atoms with Crippen molar-refractivity contribution in [3.63, 3.8) is 0 Å². The van der Waals surface area contributed by atoms with Gasteiger partial charge >= 0.3 is 0 Å². The Morgan fingerprint density at radius 1 is 1.21 bits per heavy atom. The van der Waals surface area contributed by atoms with Gasteiger partial charge in [0.05, 0.1) is 11.6 Å². The number of nitrogens with zero attached hydrogens (tertiary/aromatic N) is 2. The molecular weight excluding hydrogens is 370 g/mol. The second-order valence-corrected chi connectivity index (χ2v) is 6.86. The summed E-state index contributed by atoms with van der Waals surface area (Å²) >= 11 is 0. The quantitative estimate of drug-likeness (QED) is 0.291. The fraction of sp³-hybridized carbons (Fsp3) is 0.227. The first kappa shape index (κ1) is 18.9. The number of nitrogens with one attached hydrogen (secondary N) is 1. The molecule has 29 heavy (non-hydrogen) atoms. The number of likely N-dealkylation sites (tertiary alicyclic amines) is 1. The van der Waals surface area contributed by atoms with E-state index in [-0.39, 0.29) is 11.3 Å². The van der Waals surface area contributed by atoms with E-state index < -0.39 is 17.7 Å². The molecule has 1 fully saturated rings. The van der Waals surface area contributed by atoms with Crippen LogP contribution < -0.4 is 0 Å². The lowest BCUT2D eigenvalue weighted by atomic mass is 9.95. The summed E-state index contributed by atoms with van der Waals surface area (Å²) in [6.45, 7) is 0.809. The van der Waals surface area contributed by atoms with Gasteiger partial charge in [0, 0.05) is 60.9 Å². The highest BCUT2D eigenvalue weighted by atomic mass is 16.5. The molecule has 1 saturated heterocycles. The fourth-order valence-corrected chi connectivity index (χ4v) is 3.80. The summed E-state index contributed by atoms with van der Waals surface area (Å²) < 4.78 is 5.11. The number of aliphatic hydroxyl groups is 1. The zero-order chi connectivity index (χ0) is 20.4. The first-order valence-electron chi connectivity index (χ1n) is 9.37. The predicted octanol–water partition coefficient (Wildman–Crippen LogP) is 3.02. The molecule has 0 bridgehead atoms. The Hall–Kier alpha value is -3.45. The normalized spacial score (nSPS) is 18.7. The molecule has 2 N–H and O–H groups in total. The number of fused-ring (bicyclic) bond motifs is 1. The van der Waals surface area contributed by atoms with E-state index >= 15 is 0 Å². The predicted molar refractivity (Wildman–Crippen MR) is 108 cm³/mol. The number of hydrogen-bond donors (Lipinski definition) is 2. The average molecular weight is 391 g/mol. The molecule has 3 heterocycles. The van der Waals surface area contributed by atoms with Crippen LogP contribution in [0.3, 0.4) is 0 Å². The van der Waals surface area contributed by atoms with Crippen molar-refractivity contribution in [2.75, 3.05) is 20.3 Å². The first-order chi connectivity index (χ1) is 14.1. The molecule has 2 aromatic heterocycles. The number of aromatic amines is 1. The van der Waals surface area contributed by atoms with E-state index in [1.807, 2.05) is 24.3 Å². The van der Waals surface area contributed by atoms with Gasteiger partial charge in [0.15, 0.2) is 0 Å². The van der Waals surface area contributed by atoms with E-state index in [9.17, 15) is 14.7 Å². The van der Waals surface area contributed by atoms with Crippen LogP contribution in [0.4, 0.5) is 0 Å². The van der Waals surface area contributed by atoms with Crippen LogP contribution in [-0.4, -0.2) is 51.9 Å². The third-order valence-electron chi connectivity index (χ3n) is 5.16. The number of aromatic nitrogens is 2. The molecule has 7 heteroatoms. The van der Waals surface area contributed by atoms with Crippen molar-refractivity contribution < 1.29 is 19.4 Å². The van der Waals surface area contributed by atoms with Gasteiger partial charge < -0.3 is 19.7 Å². The molecule has 148 valence electrons. The summed E-state index contributed by atoms with van der Waals surface area (Å²) in [4.78, 5) is 34.5. The molecule has 0 aliphatic carbocycles. The maximum absolute atomic E-state index is 12.9. The summed E-state index contributed by atoms with van der Waals surface area (Å²) in [7, 11) is 1.59. The monoisotopic (exact) mass is 391 g/mol. The highest BCUT2D eigenvalue weighted by molar-refractivity contribution is 6.46. The van der Waals surface area contributed by atoms with Gasteiger partial charge in [-0.3, -0.25) is 14.6 Å². The number of Topliss-reactive ketones (excluding diaryl/α,β-unsaturated/α-hetero) is 1. The molecule has 1 aliphatic rings. The van der Waals surface area contributed by atoms with Gasteiger partial charge in [-0.05, 0) is 24.6 Å². The Kier molecular flexibility index (Phi) is 5.14. The van der Waals surface area contributed by atoms with Gasteiger partial charge in [-0.25, -0.2) is 0 Å². The van der Waals surface area contributed by atoms with Crippen molar-refractivity contribution in [2.45, 2.75) is 12.5 Å². The van der Waals surface area contributed by atoms with Crippen molar-refractivity contribution in [1.82, 2.24) is 14.9 Å². The number of carbonyl (C=O) groups is 2. The van der Waals surface area contributed by atoms with E-state index in [0.29, 0.717) is 25.1 Å². The van der Waals surface area contributed by atoms with E-state index in [2.05, 4.69) is 9.97 Å². The summed E-state index contributed by atoms with van der Waals surface area (Å²) in [5.41, 5.74) is 2.20. The molecule has 1 aromatic carbocycles. The largest absolute Gasteiger partial charge is 0.507 e. The van der Waals surface area contributed by atoms with Gasteiger partial charge in [0.25, 0.3) is 11.7 Å². The Morgan fingerprint density at radius 3 is 2.72 bits per heavy atom. The van der Waals surface area contributed by atoms with Crippen LogP contribution in [0.1, 0.15) is 23.6 Å². The van der Waals surface area contributed by atoms with Crippen molar-refractivity contribution in [3.05, 3.63) is 71.7 Å². The number of hydrogen-bond acceptors (Lipinski definition) is 5. The molecule has 4 rings (SSSR count). The highest BCUT2D eigenvalue weighted by Gasteiger charge is 2.46. The van der Waals surface area contributed by atoms with Crippen LogP contribution in [0.5, 0.6) is 0 Å². The lowest BCUT2D eigenvalue weighted by Gasteiger charge is -2.24. The topological polar surface area (TPSA) is 95.5 Å². The Bertz CT molecular complexity index is 1090. The number of aliphatic hydroxyl groups excluding tert-OH is 1. The number of carbonyl (C=O) groups excluding carboxylic acids is 2. The number of benzene rings is 1. The number of methoxy groups -OCH3 is 1. The van der Waals surface area contributed by atoms with E-state index in [1.54, 1.807) is 25.4 Å². The number of ether oxygens (including phenoxy) is 1. The molecule has 1 aliphatic heterocycles. The van der Waals surface area contributed by atoms with Crippen molar-refractivity contribution in [1.29, 1.82) is 0 Å². The van der Waals surface area contributed by atoms with Gasteiger partial charge in [0.2, 0.25) is 0 Å². The zero-order valence-corrected chi connectivity index (χ0v) is 16.0. The van der Waals surface area contributed by atoms with Gasteiger partial charge in [-0.2, -0.15) is 0 Å². The van der Waals surface area contributed by atoms with Crippen molar-refractivity contribution in [3.8, 4) is 0 Å². The number of ketones is 1. The Labute approximate surface area is 167 Å². The summed E-state index contributed by atoms with van der Waals surface area (Å²) in [5.74, 6) is -1.51. The first-order valence-corrected chi connectivity index (χ1v) is 9.37. The van der Waals surface area contributed by atoms with E-state index in [4.69, 9.17) is 4.74 Å². The van der Waals surface area contributed by atoms with Crippen LogP contribution in [-0.2, 0) is 14.3 Å². The smallest absolute Gasteiger partial charge is 0.295 e.